The second kappa shape index (κ2) is 26.2. The predicted octanol–water partition coefficient (Wildman–Crippen LogP) is 8.71. The average Bonchev–Trinajstić information content (AvgIpc) is 3.77. The second-order valence-electron chi connectivity index (χ2n) is 18.1. The van der Waals surface area contributed by atoms with Gasteiger partial charge in [-0.25, -0.2) is 19.6 Å². The first-order chi connectivity index (χ1) is 33.4. The summed E-state index contributed by atoms with van der Waals surface area (Å²) in [6.45, 7) is 20.3. The number of anilines is 1. The Kier molecular flexibility index (Phi) is 20.8. The minimum atomic E-state index is -1.14. The van der Waals surface area contributed by atoms with Gasteiger partial charge in [0.25, 0.3) is 0 Å². The van der Waals surface area contributed by atoms with E-state index in [4.69, 9.17) is 52.0 Å². The molecule has 4 rings (SSSR count). The summed E-state index contributed by atoms with van der Waals surface area (Å²) in [5, 5.41) is 16.3. The van der Waals surface area contributed by atoms with Gasteiger partial charge in [-0.1, -0.05) is 42.4 Å². The zero-order valence-corrected chi connectivity index (χ0v) is 42.4. The lowest BCUT2D eigenvalue weighted by Gasteiger charge is -2.21. The Bertz CT molecular complexity index is 2610. The summed E-state index contributed by atoms with van der Waals surface area (Å²) in [6, 6.07) is 14.7. The van der Waals surface area contributed by atoms with Crippen LogP contribution in [0.15, 0.2) is 64.2 Å². The highest BCUT2D eigenvalue weighted by Crippen LogP contribution is 2.42. The number of nitrogens with zero attached hydrogens (tertiary/aromatic N) is 4. The van der Waals surface area contributed by atoms with Crippen molar-refractivity contribution in [1.29, 1.82) is 5.26 Å². The molecule has 0 aliphatic heterocycles. The molecule has 2 aromatic heterocycles. The molecule has 21 heteroatoms. The number of hydrogen-bond donors (Lipinski definition) is 3. The van der Waals surface area contributed by atoms with Crippen LogP contribution in [0.3, 0.4) is 0 Å². The highest BCUT2D eigenvalue weighted by atomic mass is 35.5. The van der Waals surface area contributed by atoms with Crippen molar-refractivity contribution >= 4 is 70.6 Å². The zero-order valence-electron chi connectivity index (χ0n) is 40.8. The van der Waals surface area contributed by atoms with Gasteiger partial charge < -0.3 is 44.5 Å². The van der Waals surface area contributed by atoms with Crippen LogP contribution in [0, 0.1) is 23.8 Å². The van der Waals surface area contributed by atoms with Crippen LogP contribution in [0.2, 0.25) is 5.02 Å². The largest absolute Gasteiger partial charge is 0.490 e. The van der Waals surface area contributed by atoms with E-state index in [1.54, 1.807) is 97.0 Å². The summed E-state index contributed by atoms with van der Waals surface area (Å²) in [4.78, 5) is 87.9. The van der Waals surface area contributed by atoms with Gasteiger partial charge >= 0.3 is 24.0 Å². The van der Waals surface area contributed by atoms with Crippen LogP contribution >= 0.6 is 23.4 Å². The second-order valence-corrected chi connectivity index (χ2v) is 19.5. The molecule has 0 aliphatic rings. The molecule has 2 amide bonds. The number of halogens is 1. The summed E-state index contributed by atoms with van der Waals surface area (Å²) in [7, 11) is 0. The Morgan fingerprint density at radius 1 is 0.887 bits per heavy atom. The molecule has 0 radical (unpaired) electrons. The molecule has 0 bridgehead atoms. The van der Waals surface area contributed by atoms with Gasteiger partial charge in [0.1, 0.15) is 53.3 Å². The van der Waals surface area contributed by atoms with Crippen LogP contribution in [0.25, 0.3) is 27.4 Å². The lowest BCUT2D eigenvalue weighted by molar-refractivity contribution is -0.161. The van der Waals surface area contributed by atoms with E-state index >= 15 is 0 Å². The lowest BCUT2D eigenvalue weighted by Crippen LogP contribution is -2.41. The van der Waals surface area contributed by atoms with Crippen LogP contribution in [0.4, 0.5) is 16.3 Å². The average molecular weight is 1020 g/mol. The summed E-state index contributed by atoms with van der Waals surface area (Å²) >= 11 is 7.20. The first-order valence-electron chi connectivity index (χ1n) is 22.5. The number of nitrogens with one attached hydrogen (secondary N) is 2. The zero-order chi connectivity index (χ0) is 52.5. The van der Waals surface area contributed by atoms with Gasteiger partial charge in [-0.15, -0.1) is 0 Å². The topological polar surface area (TPSA) is 266 Å². The number of carbonyl (C=O) groups is 6. The van der Waals surface area contributed by atoms with Crippen molar-refractivity contribution in [1.82, 2.24) is 20.6 Å². The third-order valence-corrected chi connectivity index (χ3v) is 10.9. The minimum Gasteiger partial charge on any atom is -0.490 e. The molecule has 2 heterocycles. The molecule has 0 saturated carbocycles. The van der Waals surface area contributed by atoms with E-state index in [2.05, 4.69) is 31.5 Å². The summed E-state index contributed by atoms with van der Waals surface area (Å²) in [5.41, 5.74) is 6.90. The third-order valence-electron chi connectivity index (χ3n) is 9.68. The van der Waals surface area contributed by atoms with Crippen molar-refractivity contribution in [3.63, 3.8) is 0 Å². The van der Waals surface area contributed by atoms with Crippen molar-refractivity contribution in [3.05, 3.63) is 82.5 Å². The Morgan fingerprint density at radius 3 is 2.18 bits per heavy atom. The number of amides is 2. The number of carbonyl (C=O) groups excluding carboxylic acids is 6. The number of hydrogen-bond acceptors (Lipinski definition) is 17. The quantitative estimate of drug-likeness (QED) is 0.0271. The first-order valence-corrected chi connectivity index (χ1v) is 23.9. The predicted molar refractivity (Wildman–Crippen MR) is 263 cm³/mol. The van der Waals surface area contributed by atoms with Crippen LogP contribution in [-0.2, 0) is 48.7 Å². The number of alkyl carbamates (subject to hydrolysis) is 1. The first kappa shape index (κ1) is 56.4. The number of esters is 3. The van der Waals surface area contributed by atoms with E-state index in [1.807, 2.05) is 0 Å². The SMILES string of the molecule is [C-]#[N+]c1c(N)nc(SCc2coc(-c3ccc(Cl)cc3)n2)c(C#N)c1-c1ccc(OC[C@@H](COC(=O)CCNC(=O)[C@H](C)CC(=O)OC(C)(C)C)OC(=O)CCCC(=O)[C@H](C)NC(=O)OC(C)(C)C)cc1. The van der Waals surface area contributed by atoms with Crippen molar-refractivity contribution < 1.29 is 56.9 Å². The van der Waals surface area contributed by atoms with Crippen LogP contribution < -0.4 is 21.1 Å². The van der Waals surface area contributed by atoms with Gasteiger partial charge in [0.05, 0.1) is 36.7 Å². The van der Waals surface area contributed by atoms with Crippen LogP contribution in [0.1, 0.15) is 98.8 Å². The molecule has 19 nitrogen and oxygen atoms in total. The number of thioether (sulfide) groups is 1. The smallest absolute Gasteiger partial charge is 0.408 e. The number of oxazole rings is 1. The minimum absolute atomic E-state index is 0.0230. The number of nitriles is 1. The lowest BCUT2D eigenvalue weighted by atomic mass is 10.00. The van der Waals surface area contributed by atoms with Gasteiger partial charge in [0, 0.05) is 47.2 Å². The number of nitrogen functional groups attached to an aromatic ring is 1. The summed E-state index contributed by atoms with van der Waals surface area (Å²) in [5.74, 6) is -2.65. The van der Waals surface area contributed by atoms with E-state index in [-0.39, 0.29) is 90.2 Å². The fourth-order valence-corrected chi connectivity index (χ4v) is 7.31. The molecule has 378 valence electrons. The Balaban J connectivity index is 1.42. The third kappa shape index (κ3) is 18.9. The van der Waals surface area contributed by atoms with Crippen LogP contribution in [0.5, 0.6) is 5.75 Å². The fourth-order valence-electron chi connectivity index (χ4n) is 6.32. The van der Waals surface area contributed by atoms with Gasteiger partial charge in [0.2, 0.25) is 17.5 Å². The molecule has 0 aliphatic carbocycles. The maximum Gasteiger partial charge on any atom is 0.408 e. The van der Waals surface area contributed by atoms with E-state index in [9.17, 15) is 34.0 Å². The van der Waals surface area contributed by atoms with Gasteiger partial charge in [-0.3, -0.25) is 24.0 Å². The number of pyridine rings is 1. The highest BCUT2D eigenvalue weighted by Gasteiger charge is 2.26. The van der Waals surface area contributed by atoms with Crippen LogP contribution in [-0.4, -0.2) is 88.8 Å². The van der Waals surface area contributed by atoms with E-state index in [1.165, 1.54) is 24.9 Å². The molecule has 0 unspecified atom stereocenters. The monoisotopic (exact) mass is 1020 g/mol. The Labute approximate surface area is 421 Å². The van der Waals surface area contributed by atoms with Crippen molar-refractivity contribution in [2.45, 2.75) is 122 Å². The van der Waals surface area contributed by atoms with Crippen molar-refractivity contribution in [2.75, 3.05) is 25.5 Å². The van der Waals surface area contributed by atoms with E-state index in [0.29, 0.717) is 22.2 Å². The van der Waals surface area contributed by atoms with Crippen molar-refractivity contribution in [2.24, 2.45) is 5.92 Å². The summed E-state index contributed by atoms with van der Waals surface area (Å²) in [6.07, 6.45) is -0.956. The molecular formula is C50H58ClN7O12S. The molecule has 4 N–H and O–H groups in total. The van der Waals surface area contributed by atoms with Gasteiger partial charge in [-0.2, -0.15) is 5.26 Å². The van der Waals surface area contributed by atoms with Crippen molar-refractivity contribution in [3.8, 4) is 34.4 Å². The number of ether oxygens (including phenoxy) is 5. The molecule has 0 spiro atoms. The molecule has 2 aromatic carbocycles. The summed E-state index contributed by atoms with van der Waals surface area (Å²) < 4.78 is 33.1. The maximum atomic E-state index is 13.1. The molecular weight excluding hydrogens is 958 g/mol. The van der Waals surface area contributed by atoms with E-state index in [0.717, 1.165) is 5.56 Å². The standard InChI is InChI=1S/C50H58ClN7O12S/c1-29(23-41(62)69-49(3,4)5)45(63)55-22-21-39(60)66-27-36(68-40(61)12-10-11-38(59)30(2)56-48(64)70-50(6,7)8)26-65-35-19-15-31(16-20-35)42-37(24-52)47(58-44(53)43(42)54-9)71-28-34-25-67-46(57-34)32-13-17-33(51)18-14-32/h13-20,25,29-30,36H,10-12,21-23,26-28H2,1-8H3,(H2,53,58)(H,55,63)(H,56,64)/t29-,30+,36+/m1/s1. The highest BCUT2D eigenvalue weighted by molar-refractivity contribution is 7.98. The Hall–Kier alpha value is -7.16. The number of benzene rings is 2. The number of aromatic nitrogens is 2. The van der Waals surface area contributed by atoms with Gasteiger partial charge in [0.15, 0.2) is 11.9 Å². The fraction of sp³-hybridized carbons (Fsp3) is 0.440. The molecule has 0 fully saturated rings. The van der Waals surface area contributed by atoms with E-state index < -0.39 is 65.8 Å². The molecule has 3 atom stereocenters. The molecule has 4 aromatic rings. The molecule has 0 saturated heterocycles. The number of rotatable bonds is 23. The normalized spacial score (nSPS) is 12.5. The maximum absolute atomic E-state index is 13.1. The Morgan fingerprint density at radius 2 is 1.55 bits per heavy atom. The number of Topliss-reactive ketones (excluding diaryl/α,β-unsaturated/α-hetero) is 1. The number of nitrogens with two attached hydrogens (primary N) is 1. The molecule has 71 heavy (non-hydrogen) atoms. The number of ketones is 1. The van der Waals surface area contributed by atoms with Gasteiger partial charge in [-0.05, 0) is 96.8 Å².